The highest BCUT2D eigenvalue weighted by Gasteiger charge is 2.34. The molecule has 0 saturated heterocycles. The van der Waals surface area contributed by atoms with Gasteiger partial charge in [-0.05, 0) is 62.3 Å². The van der Waals surface area contributed by atoms with E-state index >= 15 is 0 Å². The molecule has 5 rings (SSSR count). The number of carbonyl (C=O) groups excluding carboxylic acids is 2. The second-order valence-corrected chi connectivity index (χ2v) is 10.6. The first-order valence-corrected chi connectivity index (χ1v) is 13.4. The average Bonchev–Trinajstić information content (AvgIpc) is 3.20. The molecular formula is C27H33N3O4S. The first kappa shape index (κ1) is 23.9. The third-order valence-corrected chi connectivity index (χ3v) is 8.55. The molecule has 0 atom stereocenters. The lowest BCUT2D eigenvalue weighted by Crippen LogP contribution is -2.45. The topological polar surface area (TPSA) is 80.2 Å². The van der Waals surface area contributed by atoms with E-state index in [2.05, 4.69) is 5.32 Å². The summed E-state index contributed by atoms with van der Waals surface area (Å²) in [7, 11) is 3.23. The van der Waals surface area contributed by atoms with Gasteiger partial charge >= 0.3 is 0 Å². The molecule has 0 bridgehead atoms. The normalized spacial score (nSPS) is 18.3. The van der Waals surface area contributed by atoms with Crippen LogP contribution in [0.15, 0.2) is 23.2 Å². The molecule has 0 unspecified atom stereocenters. The Kier molecular flexibility index (Phi) is 7.09. The van der Waals surface area contributed by atoms with Crippen LogP contribution in [0.2, 0.25) is 0 Å². The molecule has 8 heteroatoms. The van der Waals surface area contributed by atoms with Gasteiger partial charge in [0.2, 0.25) is 11.8 Å². The molecule has 1 aromatic heterocycles. The van der Waals surface area contributed by atoms with Crippen LogP contribution in [0, 0.1) is 0 Å². The summed E-state index contributed by atoms with van der Waals surface area (Å²) in [6.45, 7) is 0.0486. The number of rotatable bonds is 6. The zero-order chi connectivity index (χ0) is 24.4. The summed E-state index contributed by atoms with van der Waals surface area (Å²) in [5.74, 6) is 1.05. The fourth-order valence-electron chi connectivity index (χ4n) is 5.45. The summed E-state index contributed by atoms with van der Waals surface area (Å²) >= 11 is 1.66. The number of nitrogens with one attached hydrogen (secondary N) is 1. The fraction of sp³-hybridized carbons (Fsp3) is 0.519. The number of aliphatic imine (C=N–C) groups is 1. The lowest BCUT2D eigenvalue weighted by atomic mass is 9.91. The molecule has 35 heavy (non-hydrogen) atoms. The Hall–Kier alpha value is -2.87. The van der Waals surface area contributed by atoms with E-state index in [0.29, 0.717) is 11.5 Å². The van der Waals surface area contributed by atoms with E-state index < -0.39 is 0 Å². The van der Waals surface area contributed by atoms with Crippen LogP contribution in [0.25, 0.3) is 0 Å². The first-order valence-electron chi connectivity index (χ1n) is 12.6. The van der Waals surface area contributed by atoms with Gasteiger partial charge in [0.15, 0.2) is 11.5 Å². The van der Waals surface area contributed by atoms with Crippen LogP contribution in [0.5, 0.6) is 11.5 Å². The Morgan fingerprint density at radius 1 is 1.09 bits per heavy atom. The van der Waals surface area contributed by atoms with Crippen molar-refractivity contribution in [2.24, 2.45) is 4.99 Å². The van der Waals surface area contributed by atoms with E-state index in [0.717, 1.165) is 73.2 Å². The van der Waals surface area contributed by atoms with Gasteiger partial charge in [-0.25, -0.2) is 0 Å². The predicted molar refractivity (Wildman–Crippen MR) is 138 cm³/mol. The number of fused-ring (bicyclic) bond motifs is 3. The quantitative estimate of drug-likeness (QED) is 0.649. The largest absolute Gasteiger partial charge is 0.493 e. The van der Waals surface area contributed by atoms with E-state index in [9.17, 15) is 9.59 Å². The molecule has 2 amide bonds. The number of amides is 2. The molecule has 1 aliphatic heterocycles. The number of hydrogen-bond acceptors (Lipinski definition) is 6. The van der Waals surface area contributed by atoms with Crippen LogP contribution in [-0.4, -0.2) is 50.9 Å². The van der Waals surface area contributed by atoms with Crippen molar-refractivity contribution in [2.75, 3.05) is 32.2 Å². The van der Waals surface area contributed by atoms with Crippen molar-refractivity contribution in [3.63, 3.8) is 0 Å². The van der Waals surface area contributed by atoms with Gasteiger partial charge in [0.25, 0.3) is 0 Å². The number of ether oxygens (including phenoxy) is 2. The number of methoxy groups -OCH3 is 2. The summed E-state index contributed by atoms with van der Waals surface area (Å²) in [5.41, 5.74) is 3.96. The van der Waals surface area contributed by atoms with Crippen molar-refractivity contribution in [1.82, 2.24) is 5.32 Å². The number of anilines is 1. The van der Waals surface area contributed by atoms with Crippen molar-refractivity contribution in [3.05, 3.63) is 39.8 Å². The molecule has 186 valence electrons. The molecule has 1 aromatic carbocycles. The molecule has 2 aromatic rings. The van der Waals surface area contributed by atoms with E-state index in [1.807, 2.05) is 18.2 Å². The van der Waals surface area contributed by atoms with Gasteiger partial charge in [0, 0.05) is 22.0 Å². The monoisotopic (exact) mass is 495 g/mol. The highest BCUT2D eigenvalue weighted by molar-refractivity contribution is 7.17. The van der Waals surface area contributed by atoms with Gasteiger partial charge in [-0.15, -0.1) is 11.3 Å². The molecule has 7 nitrogen and oxygen atoms in total. The van der Waals surface area contributed by atoms with E-state index in [1.165, 1.54) is 16.9 Å². The Labute approximate surface area is 210 Å². The van der Waals surface area contributed by atoms with Crippen LogP contribution in [0.1, 0.15) is 66.5 Å². The van der Waals surface area contributed by atoms with E-state index in [4.69, 9.17) is 14.5 Å². The third-order valence-electron chi connectivity index (χ3n) is 7.24. The van der Waals surface area contributed by atoms with Crippen molar-refractivity contribution >= 4 is 33.9 Å². The highest BCUT2D eigenvalue weighted by Crippen LogP contribution is 2.43. The maximum Gasteiger partial charge on any atom is 0.249 e. The third kappa shape index (κ3) is 4.81. The van der Waals surface area contributed by atoms with Gasteiger partial charge in [0.05, 0.1) is 19.9 Å². The predicted octanol–water partition coefficient (Wildman–Crippen LogP) is 4.28. The lowest BCUT2D eigenvalue weighted by molar-refractivity contribution is -0.123. The number of benzene rings is 1. The van der Waals surface area contributed by atoms with Crippen LogP contribution in [0.3, 0.4) is 0 Å². The minimum Gasteiger partial charge on any atom is -0.493 e. The summed E-state index contributed by atoms with van der Waals surface area (Å²) in [6.07, 6.45) is 9.80. The molecule has 1 fully saturated rings. The molecule has 1 saturated carbocycles. The van der Waals surface area contributed by atoms with Crippen molar-refractivity contribution in [1.29, 1.82) is 0 Å². The zero-order valence-corrected chi connectivity index (χ0v) is 21.3. The molecular weight excluding hydrogens is 462 g/mol. The molecule has 2 heterocycles. The summed E-state index contributed by atoms with van der Waals surface area (Å²) in [6, 6.07) is 5.97. The maximum absolute atomic E-state index is 13.3. The van der Waals surface area contributed by atoms with E-state index in [-0.39, 0.29) is 30.9 Å². The number of carbonyl (C=O) groups is 2. The van der Waals surface area contributed by atoms with Crippen LogP contribution < -0.4 is 19.7 Å². The lowest BCUT2D eigenvalue weighted by Gasteiger charge is -2.25. The Morgan fingerprint density at radius 3 is 2.63 bits per heavy atom. The fourth-order valence-corrected chi connectivity index (χ4v) is 6.86. The van der Waals surface area contributed by atoms with Gasteiger partial charge in [-0.3, -0.25) is 19.5 Å². The molecule has 0 spiro atoms. The van der Waals surface area contributed by atoms with E-state index in [1.54, 1.807) is 30.5 Å². The minimum absolute atomic E-state index is 0.0105. The van der Waals surface area contributed by atoms with Crippen LogP contribution in [0.4, 0.5) is 5.00 Å². The van der Waals surface area contributed by atoms with Gasteiger partial charge in [-0.2, -0.15) is 0 Å². The van der Waals surface area contributed by atoms with Gasteiger partial charge in [0.1, 0.15) is 18.1 Å². The standard InChI is InChI=1S/C27H33N3O4S/c1-33-20-13-12-17(14-21(20)34-2)26-25-19-10-6-7-11-22(19)35-27(25)30(24(32)15-28-26)16-23(31)29-18-8-4-3-5-9-18/h12-14,18H,3-11,15-16H2,1-2H3,(H,29,31). The Morgan fingerprint density at radius 2 is 1.86 bits per heavy atom. The van der Waals surface area contributed by atoms with Gasteiger partial charge < -0.3 is 14.8 Å². The van der Waals surface area contributed by atoms with Crippen LogP contribution >= 0.6 is 11.3 Å². The zero-order valence-electron chi connectivity index (χ0n) is 20.5. The molecule has 1 N–H and O–H groups in total. The smallest absolute Gasteiger partial charge is 0.249 e. The maximum atomic E-state index is 13.3. The van der Waals surface area contributed by atoms with Gasteiger partial charge in [-0.1, -0.05) is 19.3 Å². The number of nitrogens with zero attached hydrogens (tertiary/aromatic N) is 2. The average molecular weight is 496 g/mol. The molecule has 0 radical (unpaired) electrons. The Bertz CT molecular complexity index is 1150. The van der Waals surface area contributed by atoms with Crippen molar-refractivity contribution < 1.29 is 19.1 Å². The minimum atomic E-state index is -0.140. The molecule has 2 aliphatic carbocycles. The second kappa shape index (κ2) is 10.4. The van der Waals surface area contributed by atoms with Crippen molar-refractivity contribution in [2.45, 2.75) is 63.8 Å². The number of hydrogen-bond donors (Lipinski definition) is 1. The number of thiophene rings is 1. The second-order valence-electron chi connectivity index (χ2n) is 9.51. The number of aryl methyl sites for hydroxylation is 1. The summed E-state index contributed by atoms with van der Waals surface area (Å²) < 4.78 is 11.0. The first-order chi connectivity index (χ1) is 17.1. The highest BCUT2D eigenvalue weighted by atomic mass is 32.1. The van der Waals surface area contributed by atoms with Crippen molar-refractivity contribution in [3.8, 4) is 11.5 Å². The Balaban J connectivity index is 1.52. The SMILES string of the molecule is COc1ccc(C2=NCC(=O)N(CC(=O)NC3CCCCC3)c3sc4c(c32)CCCC4)cc1OC. The molecule has 3 aliphatic rings. The van der Waals surface area contributed by atoms with Crippen LogP contribution in [-0.2, 0) is 22.4 Å². The summed E-state index contributed by atoms with van der Waals surface area (Å²) in [4.78, 5) is 34.1. The summed E-state index contributed by atoms with van der Waals surface area (Å²) in [5, 5.41) is 4.03.